The number of anilines is 1. The number of carbonyl (C=O) groups is 1. The second kappa shape index (κ2) is 7.38. The maximum atomic E-state index is 12.7. The van der Waals surface area contributed by atoms with E-state index in [2.05, 4.69) is 15.3 Å². The zero-order chi connectivity index (χ0) is 16.8. The molecule has 22 heavy (non-hydrogen) atoms. The molecule has 0 fully saturated rings. The lowest BCUT2D eigenvalue weighted by atomic mass is 10.2. The summed E-state index contributed by atoms with van der Waals surface area (Å²) in [5.74, 6) is -1.05. The van der Waals surface area contributed by atoms with Gasteiger partial charge in [0.15, 0.2) is 5.71 Å². The number of nitro benzene ring substituents is 1. The van der Waals surface area contributed by atoms with Crippen molar-refractivity contribution < 1.29 is 27.6 Å². The number of nitrogens with one attached hydrogen (secondary N) is 1. The first kappa shape index (κ1) is 17.4. The molecule has 0 spiro atoms. The number of carbonyl (C=O) groups excluding carboxylic acids is 1. The molecule has 1 aromatic rings. The van der Waals surface area contributed by atoms with Crippen LogP contribution in [-0.4, -0.2) is 29.4 Å². The Morgan fingerprint density at radius 1 is 1.36 bits per heavy atom. The van der Waals surface area contributed by atoms with E-state index in [1.165, 1.54) is 19.1 Å². The molecule has 0 aromatic heterocycles. The molecule has 1 rings (SSSR count). The van der Waals surface area contributed by atoms with Gasteiger partial charge in [-0.1, -0.05) is 0 Å². The van der Waals surface area contributed by atoms with Crippen molar-refractivity contribution in [1.29, 1.82) is 0 Å². The molecule has 0 aliphatic carbocycles. The molecule has 1 aromatic carbocycles. The first-order chi connectivity index (χ1) is 10.2. The predicted octanol–water partition coefficient (Wildman–Crippen LogP) is 2.88. The summed E-state index contributed by atoms with van der Waals surface area (Å²) in [6.07, 6.45) is -5.84. The SMILES string of the molecule is CCOC(=O)C/C(=N/Nc1ccc([N+](=O)[O-])cc1)C(F)(F)F. The third kappa shape index (κ3) is 5.38. The Kier molecular flexibility index (Phi) is 5.84. The molecule has 0 bridgehead atoms. The molecule has 1 N–H and O–H groups in total. The summed E-state index contributed by atoms with van der Waals surface area (Å²) in [6, 6.07) is 4.60. The summed E-state index contributed by atoms with van der Waals surface area (Å²) in [5.41, 5.74) is 0.642. The van der Waals surface area contributed by atoms with Crippen LogP contribution < -0.4 is 5.43 Å². The Labute approximate surface area is 122 Å². The average Bonchev–Trinajstić information content (AvgIpc) is 2.43. The Bertz CT molecular complexity index is 570. The molecule has 0 radical (unpaired) electrons. The highest BCUT2D eigenvalue weighted by Gasteiger charge is 2.37. The van der Waals surface area contributed by atoms with E-state index in [1.807, 2.05) is 0 Å². The third-order valence-corrected chi connectivity index (χ3v) is 2.34. The lowest BCUT2D eigenvalue weighted by Gasteiger charge is -2.10. The minimum atomic E-state index is -4.81. The monoisotopic (exact) mass is 319 g/mol. The van der Waals surface area contributed by atoms with Gasteiger partial charge in [-0.2, -0.15) is 18.3 Å². The zero-order valence-corrected chi connectivity index (χ0v) is 11.4. The van der Waals surface area contributed by atoms with Gasteiger partial charge in [0.05, 0.1) is 23.6 Å². The van der Waals surface area contributed by atoms with Crippen molar-refractivity contribution in [3.05, 3.63) is 34.4 Å². The molecule has 10 heteroatoms. The Hall–Kier alpha value is -2.65. The lowest BCUT2D eigenvalue weighted by molar-refractivity contribution is -0.384. The standard InChI is InChI=1S/C12H12F3N3O4/c1-2-22-11(19)7-10(12(13,14)15)17-16-8-3-5-9(6-4-8)18(20)21/h3-6,16H,2,7H2,1H3/b17-10-. The number of halogens is 3. The number of alkyl halides is 3. The fourth-order valence-corrected chi connectivity index (χ4v) is 1.34. The maximum Gasteiger partial charge on any atom is 0.431 e. The predicted molar refractivity (Wildman–Crippen MR) is 71.5 cm³/mol. The second-order valence-electron chi connectivity index (χ2n) is 3.95. The van der Waals surface area contributed by atoms with Crippen LogP contribution in [0.5, 0.6) is 0 Å². The van der Waals surface area contributed by atoms with Crippen molar-refractivity contribution >= 4 is 23.1 Å². The summed E-state index contributed by atoms with van der Waals surface area (Å²) >= 11 is 0. The van der Waals surface area contributed by atoms with Crippen LogP contribution in [0, 0.1) is 10.1 Å². The molecule has 0 amide bonds. The van der Waals surface area contributed by atoms with Crippen molar-refractivity contribution in [2.45, 2.75) is 19.5 Å². The second-order valence-corrected chi connectivity index (χ2v) is 3.95. The highest BCUT2D eigenvalue weighted by molar-refractivity contribution is 6.02. The number of benzene rings is 1. The maximum absolute atomic E-state index is 12.7. The third-order valence-electron chi connectivity index (χ3n) is 2.34. The van der Waals surface area contributed by atoms with Gasteiger partial charge in [0.1, 0.15) is 0 Å². The molecular weight excluding hydrogens is 307 g/mol. The van der Waals surface area contributed by atoms with Gasteiger partial charge in [0, 0.05) is 12.1 Å². The normalized spacial score (nSPS) is 11.9. The van der Waals surface area contributed by atoms with E-state index < -0.39 is 29.2 Å². The Morgan fingerprint density at radius 2 is 1.95 bits per heavy atom. The Morgan fingerprint density at radius 3 is 2.41 bits per heavy atom. The summed E-state index contributed by atoms with van der Waals surface area (Å²) < 4.78 is 42.6. The van der Waals surface area contributed by atoms with Crippen LogP contribution in [0.15, 0.2) is 29.4 Å². The highest BCUT2D eigenvalue weighted by Crippen LogP contribution is 2.21. The first-order valence-electron chi connectivity index (χ1n) is 6.04. The number of hydrogen-bond donors (Lipinski definition) is 1. The van der Waals surface area contributed by atoms with Gasteiger partial charge < -0.3 is 4.74 Å². The van der Waals surface area contributed by atoms with E-state index in [1.54, 1.807) is 0 Å². The van der Waals surface area contributed by atoms with E-state index in [9.17, 15) is 28.1 Å². The van der Waals surface area contributed by atoms with E-state index in [0.717, 1.165) is 12.1 Å². The van der Waals surface area contributed by atoms with Gasteiger partial charge in [-0.25, -0.2) is 0 Å². The van der Waals surface area contributed by atoms with Gasteiger partial charge >= 0.3 is 12.1 Å². The lowest BCUT2D eigenvalue weighted by Crippen LogP contribution is -2.27. The van der Waals surface area contributed by atoms with Crippen LogP contribution in [0.1, 0.15) is 13.3 Å². The summed E-state index contributed by atoms with van der Waals surface area (Å²) in [7, 11) is 0. The molecule has 0 aliphatic heterocycles. The minimum Gasteiger partial charge on any atom is -0.466 e. The average molecular weight is 319 g/mol. The number of non-ortho nitro benzene ring substituents is 1. The first-order valence-corrected chi connectivity index (χ1v) is 6.04. The van der Waals surface area contributed by atoms with Crippen LogP contribution in [0.4, 0.5) is 24.5 Å². The molecular formula is C12H12F3N3O4. The summed E-state index contributed by atoms with van der Waals surface area (Å²) in [5, 5.41) is 13.6. The number of ether oxygens (including phenoxy) is 1. The zero-order valence-electron chi connectivity index (χ0n) is 11.4. The quantitative estimate of drug-likeness (QED) is 0.376. The van der Waals surface area contributed by atoms with Crippen LogP contribution >= 0.6 is 0 Å². The number of esters is 1. The molecule has 0 atom stereocenters. The number of rotatable bonds is 6. The van der Waals surface area contributed by atoms with Gasteiger partial charge in [-0.05, 0) is 19.1 Å². The molecule has 0 heterocycles. The van der Waals surface area contributed by atoms with Gasteiger partial charge in [0.25, 0.3) is 5.69 Å². The fourth-order valence-electron chi connectivity index (χ4n) is 1.34. The van der Waals surface area contributed by atoms with Gasteiger partial charge in [-0.3, -0.25) is 20.3 Å². The van der Waals surface area contributed by atoms with Crippen molar-refractivity contribution in [2.75, 3.05) is 12.0 Å². The van der Waals surface area contributed by atoms with Crippen molar-refractivity contribution in [2.24, 2.45) is 5.10 Å². The Balaban J connectivity index is 2.84. The summed E-state index contributed by atoms with van der Waals surface area (Å²) in [4.78, 5) is 20.9. The number of nitrogens with zero attached hydrogens (tertiary/aromatic N) is 2. The van der Waals surface area contributed by atoms with Crippen molar-refractivity contribution in [3.8, 4) is 0 Å². The minimum absolute atomic E-state index is 0.0419. The van der Waals surface area contributed by atoms with Crippen LogP contribution in [-0.2, 0) is 9.53 Å². The molecule has 0 saturated heterocycles. The number of hydrazone groups is 1. The molecule has 0 unspecified atom stereocenters. The van der Waals surface area contributed by atoms with E-state index in [0.29, 0.717) is 0 Å². The van der Waals surface area contributed by atoms with E-state index >= 15 is 0 Å². The van der Waals surface area contributed by atoms with Crippen molar-refractivity contribution in [3.63, 3.8) is 0 Å². The highest BCUT2D eigenvalue weighted by atomic mass is 19.4. The molecule has 7 nitrogen and oxygen atoms in total. The summed E-state index contributed by atoms with van der Waals surface area (Å²) in [6.45, 7) is 1.43. The molecule has 0 aliphatic rings. The van der Waals surface area contributed by atoms with Crippen LogP contribution in [0.2, 0.25) is 0 Å². The van der Waals surface area contributed by atoms with Crippen molar-refractivity contribution in [1.82, 2.24) is 0 Å². The largest absolute Gasteiger partial charge is 0.466 e. The van der Waals surface area contributed by atoms with Crippen LogP contribution in [0.3, 0.4) is 0 Å². The smallest absolute Gasteiger partial charge is 0.431 e. The van der Waals surface area contributed by atoms with Crippen LogP contribution in [0.25, 0.3) is 0 Å². The van der Waals surface area contributed by atoms with Gasteiger partial charge in [-0.15, -0.1) is 0 Å². The number of hydrogen-bond acceptors (Lipinski definition) is 6. The topological polar surface area (TPSA) is 93.8 Å². The van der Waals surface area contributed by atoms with Gasteiger partial charge in [0.2, 0.25) is 0 Å². The molecule has 0 saturated carbocycles. The molecule has 120 valence electrons. The number of nitro groups is 1. The fraction of sp³-hybridized carbons (Fsp3) is 0.333. The van der Waals surface area contributed by atoms with E-state index in [-0.39, 0.29) is 18.0 Å². The van der Waals surface area contributed by atoms with E-state index in [4.69, 9.17) is 0 Å².